The van der Waals surface area contributed by atoms with Crippen LogP contribution in [0.2, 0.25) is 5.02 Å². The molecule has 0 fully saturated rings. The molecule has 0 saturated carbocycles. The van der Waals surface area contributed by atoms with Crippen LogP contribution in [0.4, 0.5) is 17.1 Å². The number of rotatable bonds is 9. The van der Waals surface area contributed by atoms with Crippen molar-refractivity contribution in [2.75, 3.05) is 21.1 Å². The Morgan fingerprint density at radius 1 is 0.935 bits per heavy atom. The summed E-state index contributed by atoms with van der Waals surface area (Å²) in [6, 6.07) is 21.5. The second-order valence-corrected chi connectivity index (χ2v) is 9.24. The molecule has 1 amide bonds. The second-order valence-electron chi connectivity index (χ2n) is 6.99. The average molecular weight is 458 g/mol. The highest BCUT2D eigenvalue weighted by molar-refractivity contribution is 7.92. The SMILES string of the molecule is CCCS(=O)(=O)Nc1cccc(C(=O)Nc2ccc(NCc3ccccc3)c(Cl)c2)c1. The Morgan fingerprint density at radius 2 is 1.71 bits per heavy atom. The van der Waals surface area contributed by atoms with E-state index >= 15 is 0 Å². The lowest BCUT2D eigenvalue weighted by atomic mass is 10.2. The second kappa shape index (κ2) is 10.3. The third-order valence-electron chi connectivity index (χ3n) is 4.42. The van der Waals surface area contributed by atoms with Crippen LogP contribution in [0, 0.1) is 0 Å². The number of halogens is 1. The Labute approximate surface area is 187 Å². The van der Waals surface area contributed by atoms with Gasteiger partial charge in [-0.15, -0.1) is 0 Å². The molecule has 162 valence electrons. The number of anilines is 3. The minimum Gasteiger partial charge on any atom is -0.380 e. The van der Waals surface area contributed by atoms with Crippen molar-refractivity contribution in [3.05, 3.63) is 88.9 Å². The van der Waals surface area contributed by atoms with Crippen LogP contribution in [0.3, 0.4) is 0 Å². The van der Waals surface area contributed by atoms with Gasteiger partial charge < -0.3 is 10.6 Å². The van der Waals surface area contributed by atoms with Crippen LogP contribution in [0.5, 0.6) is 0 Å². The molecular formula is C23H24ClN3O3S. The summed E-state index contributed by atoms with van der Waals surface area (Å²) in [5.74, 6) is -0.343. The molecule has 31 heavy (non-hydrogen) atoms. The maximum Gasteiger partial charge on any atom is 0.255 e. The fourth-order valence-corrected chi connectivity index (χ4v) is 4.33. The molecule has 0 heterocycles. The first-order valence-electron chi connectivity index (χ1n) is 9.85. The lowest BCUT2D eigenvalue weighted by Crippen LogP contribution is -2.17. The van der Waals surface area contributed by atoms with Gasteiger partial charge in [0, 0.05) is 23.5 Å². The average Bonchev–Trinajstić information content (AvgIpc) is 2.73. The highest BCUT2D eigenvalue weighted by atomic mass is 35.5. The molecule has 0 bridgehead atoms. The van der Waals surface area contributed by atoms with E-state index in [9.17, 15) is 13.2 Å². The van der Waals surface area contributed by atoms with E-state index in [-0.39, 0.29) is 11.7 Å². The van der Waals surface area contributed by atoms with Crippen LogP contribution in [-0.2, 0) is 16.6 Å². The van der Waals surface area contributed by atoms with Gasteiger partial charge in [0.1, 0.15) is 0 Å². The van der Waals surface area contributed by atoms with Gasteiger partial charge >= 0.3 is 0 Å². The maximum absolute atomic E-state index is 12.6. The summed E-state index contributed by atoms with van der Waals surface area (Å²) in [6.07, 6.45) is 0.506. The van der Waals surface area contributed by atoms with Crippen LogP contribution in [0.25, 0.3) is 0 Å². The normalized spacial score (nSPS) is 11.0. The summed E-state index contributed by atoms with van der Waals surface area (Å²) in [4.78, 5) is 12.6. The molecule has 3 rings (SSSR count). The van der Waals surface area contributed by atoms with Gasteiger partial charge in [-0.1, -0.05) is 54.9 Å². The lowest BCUT2D eigenvalue weighted by Gasteiger charge is -2.12. The monoisotopic (exact) mass is 457 g/mol. The predicted octanol–water partition coefficient (Wildman–Crippen LogP) is 5.36. The van der Waals surface area contributed by atoms with E-state index in [1.165, 1.54) is 6.07 Å². The van der Waals surface area contributed by atoms with Crippen LogP contribution in [0.1, 0.15) is 29.3 Å². The first kappa shape index (κ1) is 22.7. The molecule has 3 aromatic rings. The summed E-state index contributed by atoms with van der Waals surface area (Å²) in [5.41, 5.74) is 3.11. The van der Waals surface area contributed by atoms with Crippen LogP contribution in [0.15, 0.2) is 72.8 Å². The van der Waals surface area contributed by atoms with Gasteiger partial charge in [-0.2, -0.15) is 0 Å². The Bertz CT molecular complexity index is 1150. The first-order valence-corrected chi connectivity index (χ1v) is 11.9. The summed E-state index contributed by atoms with van der Waals surface area (Å²) in [6.45, 7) is 2.42. The topological polar surface area (TPSA) is 87.3 Å². The van der Waals surface area contributed by atoms with E-state index < -0.39 is 10.0 Å². The van der Waals surface area contributed by atoms with E-state index in [1.807, 2.05) is 30.3 Å². The summed E-state index contributed by atoms with van der Waals surface area (Å²) in [5, 5.41) is 6.54. The van der Waals surface area contributed by atoms with Gasteiger partial charge in [0.05, 0.1) is 16.5 Å². The molecule has 0 aliphatic heterocycles. The lowest BCUT2D eigenvalue weighted by molar-refractivity contribution is 0.102. The Hall–Kier alpha value is -3.03. The minimum absolute atomic E-state index is 0.0204. The van der Waals surface area contributed by atoms with Crippen molar-refractivity contribution in [3.8, 4) is 0 Å². The van der Waals surface area contributed by atoms with E-state index in [0.29, 0.717) is 34.9 Å². The molecule has 0 unspecified atom stereocenters. The number of hydrogen-bond acceptors (Lipinski definition) is 4. The molecule has 3 N–H and O–H groups in total. The predicted molar refractivity (Wildman–Crippen MR) is 127 cm³/mol. The van der Waals surface area contributed by atoms with Gasteiger partial charge in [0.15, 0.2) is 0 Å². The number of amides is 1. The van der Waals surface area contributed by atoms with Crippen molar-refractivity contribution in [2.45, 2.75) is 19.9 Å². The number of benzene rings is 3. The number of carbonyl (C=O) groups is 1. The van der Waals surface area contributed by atoms with Crippen molar-refractivity contribution in [3.63, 3.8) is 0 Å². The molecule has 0 aliphatic carbocycles. The fourth-order valence-electron chi connectivity index (χ4n) is 2.96. The number of nitrogens with one attached hydrogen (secondary N) is 3. The van der Waals surface area contributed by atoms with Crippen molar-refractivity contribution in [1.82, 2.24) is 0 Å². The third-order valence-corrected chi connectivity index (χ3v) is 6.23. The standard InChI is InChI=1S/C23H24ClN3O3S/c1-2-13-31(29,30)27-20-10-6-9-18(14-20)23(28)26-19-11-12-22(21(24)15-19)25-16-17-7-4-3-5-8-17/h3-12,14-15,25,27H,2,13,16H2,1H3,(H,26,28). The van der Waals surface area contributed by atoms with Gasteiger partial charge in [-0.05, 0) is 48.4 Å². The van der Waals surface area contributed by atoms with Gasteiger partial charge in [0.25, 0.3) is 5.91 Å². The van der Waals surface area contributed by atoms with E-state index in [1.54, 1.807) is 43.3 Å². The minimum atomic E-state index is -3.43. The van der Waals surface area contributed by atoms with Gasteiger partial charge in [-0.3, -0.25) is 9.52 Å². The molecule has 0 spiro atoms. The van der Waals surface area contributed by atoms with Crippen LogP contribution < -0.4 is 15.4 Å². The molecule has 0 radical (unpaired) electrons. The molecular weight excluding hydrogens is 434 g/mol. The quantitative estimate of drug-likeness (QED) is 0.404. The summed E-state index contributed by atoms with van der Waals surface area (Å²) in [7, 11) is -3.43. The van der Waals surface area contributed by atoms with E-state index in [0.717, 1.165) is 11.3 Å². The van der Waals surface area contributed by atoms with E-state index in [2.05, 4.69) is 15.4 Å². The van der Waals surface area contributed by atoms with Crippen LogP contribution >= 0.6 is 11.6 Å². The van der Waals surface area contributed by atoms with Crippen molar-refractivity contribution in [1.29, 1.82) is 0 Å². The Kier molecular flexibility index (Phi) is 7.55. The number of sulfonamides is 1. The Balaban J connectivity index is 1.65. The zero-order valence-electron chi connectivity index (χ0n) is 17.1. The molecule has 3 aromatic carbocycles. The highest BCUT2D eigenvalue weighted by Crippen LogP contribution is 2.26. The largest absolute Gasteiger partial charge is 0.380 e. The van der Waals surface area contributed by atoms with Crippen molar-refractivity contribution in [2.24, 2.45) is 0 Å². The number of hydrogen-bond donors (Lipinski definition) is 3. The summed E-state index contributed by atoms with van der Waals surface area (Å²) >= 11 is 6.36. The maximum atomic E-state index is 12.6. The smallest absolute Gasteiger partial charge is 0.255 e. The molecule has 6 nitrogen and oxygen atoms in total. The molecule has 0 aromatic heterocycles. The molecule has 8 heteroatoms. The third kappa shape index (κ3) is 6.73. The zero-order chi connectivity index (χ0) is 22.3. The van der Waals surface area contributed by atoms with Gasteiger partial charge in [-0.25, -0.2) is 8.42 Å². The number of carbonyl (C=O) groups excluding carboxylic acids is 1. The summed E-state index contributed by atoms with van der Waals surface area (Å²) < 4.78 is 26.4. The van der Waals surface area contributed by atoms with Gasteiger partial charge in [0.2, 0.25) is 10.0 Å². The van der Waals surface area contributed by atoms with Crippen LogP contribution in [-0.4, -0.2) is 20.1 Å². The Morgan fingerprint density at radius 3 is 2.42 bits per heavy atom. The molecule has 0 saturated heterocycles. The van der Waals surface area contributed by atoms with Crippen molar-refractivity contribution >= 4 is 44.6 Å². The molecule has 0 aliphatic rings. The molecule has 0 atom stereocenters. The first-order chi connectivity index (χ1) is 14.9. The highest BCUT2D eigenvalue weighted by Gasteiger charge is 2.12. The van der Waals surface area contributed by atoms with Crippen molar-refractivity contribution < 1.29 is 13.2 Å². The van der Waals surface area contributed by atoms with E-state index in [4.69, 9.17) is 11.6 Å². The zero-order valence-corrected chi connectivity index (χ0v) is 18.6. The fraction of sp³-hybridized carbons (Fsp3) is 0.174.